The number of aryl methyl sites for hydroxylation is 1. The Morgan fingerprint density at radius 1 is 1.15 bits per heavy atom. The first-order valence-electron chi connectivity index (χ1n) is 9.53. The maximum absolute atomic E-state index is 12.7. The molecule has 1 amide bonds. The molecule has 4 rings (SSSR count). The molecule has 6 heteroatoms. The summed E-state index contributed by atoms with van der Waals surface area (Å²) in [5.41, 5.74) is 4.58. The molecular weight excluding hydrogens is 338 g/mol. The van der Waals surface area contributed by atoms with E-state index in [2.05, 4.69) is 47.1 Å². The van der Waals surface area contributed by atoms with E-state index in [0.29, 0.717) is 5.56 Å². The van der Waals surface area contributed by atoms with E-state index in [0.717, 1.165) is 29.8 Å². The Balaban J connectivity index is 1.53. The summed E-state index contributed by atoms with van der Waals surface area (Å²) in [6.07, 6.45) is 5.87. The van der Waals surface area contributed by atoms with Gasteiger partial charge in [0, 0.05) is 42.1 Å². The van der Waals surface area contributed by atoms with Gasteiger partial charge >= 0.3 is 0 Å². The van der Waals surface area contributed by atoms with E-state index in [1.165, 1.54) is 24.1 Å². The number of nitrogens with one attached hydrogen (secondary N) is 1. The second-order valence-corrected chi connectivity index (χ2v) is 7.47. The van der Waals surface area contributed by atoms with E-state index >= 15 is 0 Å². The van der Waals surface area contributed by atoms with Crippen molar-refractivity contribution in [2.24, 2.45) is 0 Å². The van der Waals surface area contributed by atoms with Gasteiger partial charge in [-0.05, 0) is 63.4 Å². The van der Waals surface area contributed by atoms with Gasteiger partial charge in [-0.15, -0.1) is 0 Å². The molecule has 1 aliphatic rings. The number of pyridine rings is 1. The third-order valence-corrected chi connectivity index (χ3v) is 5.09. The number of benzene rings is 1. The van der Waals surface area contributed by atoms with Gasteiger partial charge in [0.05, 0.1) is 11.8 Å². The number of hydrogen-bond donors (Lipinski definition) is 1. The number of carbonyl (C=O) groups excluding carboxylic acids is 1. The molecular formula is C21H25N5O. The Labute approximate surface area is 159 Å². The SMILES string of the molecule is Cc1cc(NC(=O)c2cnc3c(cnn3C(C)C)c2)ccc1N1CCCC1. The van der Waals surface area contributed by atoms with E-state index in [1.54, 1.807) is 12.4 Å². The Morgan fingerprint density at radius 3 is 2.63 bits per heavy atom. The van der Waals surface area contributed by atoms with Crippen molar-refractivity contribution in [2.75, 3.05) is 23.3 Å². The van der Waals surface area contributed by atoms with Crippen LogP contribution in [0.3, 0.4) is 0 Å². The van der Waals surface area contributed by atoms with Gasteiger partial charge in [0.15, 0.2) is 5.65 Å². The molecule has 0 bridgehead atoms. The number of aromatic nitrogens is 3. The highest BCUT2D eigenvalue weighted by atomic mass is 16.1. The largest absolute Gasteiger partial charge is 0.371 e. The van der Waals surface area contributed by atoms with Crippen molar-refractivity contribution >= 4 is 28.3 Å². The fourth-order valence-corrected chi connectivity index (χ4v) is 3.69. The lowest BCUT2D eigenvalue weighted by Crippen LogP contribution is -2.19. The maximum atomic E-state index is 12.7. The maximum Gasteiger partial charge on any atom is 0.257 e. The molecule has 1 aliphatic heterocycles. The zero-order chi connectivity index (χ0) is 19.0. The first-order valence-corrected chi connectivity index (χ1v) is 9.53. The predicted octanol–water partition coefficient (Wildman–Crippen LogP) is 4.17. The standard InChI is InChI=1S/C21H25N5O/c1-14(2)26-20-16(13-23-26)11-17(12-22-20)21(27)24-18-6-7-19(15(3)10-18)25-8-4-5-9-25/h6-7,10-14H,4-5,8-9H2,1-3H3,(H,24,27). The van der Waals surface area contributed by atoms with Crippen LogP contribution in [0.15, 0.2) is 36.7 Å². The van der Waals surface area contributed by atoms with Gasteiger partial charge in [-0.2, -0.15) is 5.10 Å². The molecule has 27 heavy (non-hydrogen) atoms. The Morgan fingerprint density at radius 2 is 1.93 bits per heavy atom. The number of hydrogen-bond acceptors (Lipinski definition) is 4. The number of rotatable bonds is 4. The van der Waals surface area contributed by atoms with E-state index < -0.39 is 0 Å². The van der Waals surface area contributed by atoms with Crippen molar-refractivity contribution in [3.05, 3.63) is 47.8 Å². The van der Waals surface area contributed by atoms with Crippen LogP contribution in [0.1, 0.15) is 48.7 Å². The molecule has 3 aromatic rings. The second kappa shape index (κ2) is 7.02. The minimum absolute atomic E-state index is 0.157. The van der Waals surface area contributed by atoms with Gasteiger partial charge in [0.1, 0.15) is 0 Å². The van der Waals surface area contributed by atoms with Crippen molar-refractivity contribution in [3.63, 3.8) is 0 Å². The molecule has 0 spiro atoms. The number of fused-ring (bicyclic) bond motifs is 1. The third-order valence-electron chi connectivity index (χ3n) is 5.09. The molecule has 0 unspecified atom stereocenters. The van der Waals surface area contributed by atoms with Crippen molar-refractivity contribution in [2.45, 2.75) is 39.7 Å². The van der Waals surface area contributed by atoms with Gasteiger partial charge in [-0.1, -0.05) is 0 Å². The summed E-state index contributed by atoms with van der Waals surface area (Å²) in [4.78, 5) is 19.5. The molecule has 1 N–H and O–H groups in total. The number of anilines is 2. The minimum atomic E-state index is -0.157. The summed E-state index contributed by atoms with van der Waals surface area (Å²) in [5.74, 6) is -0.157. The molecule has 3 heterocycles. The zero-order valence-corrected chi connectivity index (χ0v) is 16.1. The normalized spacial score (nSPS) is 14.3. The first-order chi connectivity index (χ1) is 13.0. The predicted molar refractivity (Wildman–Crippen MR) is 108 cm³/mol. The van der Waals surface area contributed by atoms with Crippen molar-refractivity contribution in [1.29, 1.82) is 0 Å². The van der Waals surface area contributed by atoms with Crippen LogP contribution in [-0.2, 0) is 0 Å². The highest BCUT2D eigenvalue weighted by Gasteiger charge is 2.16. The monoisotopic (exact) mass is 363 g/mol. The summed E-state index contributed by atoms with van der Waals surface area (Å²) < 4.78 is 1.86. The summed E-state index contributed by atoms with van der Waals surface area (Å²) in [5, 5.41) is 8.21. The van der Waals surface area contributed by atoms with Crippen LogP contribution in [0.25, 0.3) is 11.0 Å². The highest BCUT2D eigenvalue weighted by Crippen LogP contribution is 2.27. The van der Waals surface area contributed by atoms with E-state index in [9.17, 15) is 4.79 Å². The smallest absolute Gasteiger partial charge is 0.257 e. The number of amides is 1. The quantitative estimate of drug-likeness (QED) is 0.755. The van der Waals surface area contributed by atoms with Crippen molar-refractivity contribution in [3.8, 4) is 0 Å². The lowest BCUT2D eigenvalue weighted by molar-refractivity contribution is 0.102. The molecule has 140 valence electrons. The fraction of sp³-hybridized carbons (Fsp3) is 0.381. The second-order valence-electron chi connectivity index (χ2n) is 7.47. The summed E-state index contributed by atoms with van der Waals surface area (Å²) >= 11 is 0. The van der Waals surface area contributed by atoms with Crippen molar-refractivity contribution < 1.29 is 4.79 Å². The minimum Gasteiger partial charge on any atom is -0.371 e. The average molecular weight is 363 g/mol. The van der Waals surface area contributed by atoms with E-state index in [-0.39, 0.29) is 11.9 Å². The third kappa shape index (κ3) is 3.39. The van der Waals surface area contributed by atoms with Crippen LogP contribution < -0.4 is 10.2 Å². The Hall–Kier alpha value is -2.89. The molecule has 1 saturated heterocycles. The highest BCUT2D eigenvalue weighted by molar-refractivity contribution is 6.05. The molecule has 2 aromatic heterocycles. The zero-order valence-electron chi connectivity index (χ0n) is 16.1. The molecule has 6 nitrogen and oxygen atoms in total. The average Bonchev–Trinajstić information content (AvgIpc) is 3.31. The number of carbonyl (C=O) groups is 1. The van der Waals surface area contributed by atoms with Crippen LogP contribution in [-0.4, -0.2) is 33.8 Å². The fourth-order valence-electron chi connectivity index (χ4n) is 3.69. The Bertz CT molecular complexity index is 985. The van der Waals surface area contributed by atoms with Gasteiger partial charge in [0.2, 0.25) is 0 Å². The summed E-state index contributed by atoms with van der Waals surface area (Å²) in [7, 11) is 0. The number of nitrogens with zero attached hydrogens (tertiary/aromatic N) is 4. The topological polar surface area (TPSA) is 63.1 Å². The van der Waals surface area contributed by atoms with Crippen LogP contribution >= 0.6 is 0 Å². The van der Waals surface area contributed by atoms with Gasteiger partial charge in [-0.3, -0.25) is 4.79 Å². The van der Waals surface area contributed by atoms with Gasteiger partial charge < -0.3 is 10.2 Å². The summed E-state index contributed by atoms with van der Waals surface area (Å²) in [6.45, 7) is 8.44. The first kappa shape index (κ1) is 17.5. The van der Waals surface area contributed by atoms with Crippen LogP contribution in [0, 0.1) is 6.92 Å². The molecule has 0 atom stereocenters. The lowest BCUT2D eigenvalue weighted by atomic mass is 10.1. The van der Waals surface area contributed by atoms with Crippen LogP contribution in [0.4, 0.5) is 11.4 Å². The van der Waals surface area contributed by atoms with Crippen molar-refractivity contribution in [1.82, 2.24) is 14.8 Å². The van der Waals surface area contributed by atoms with Crippen LogP contribution in [0.2, 0.25) is 0 Å². The molecule has 1 fully saturated rings. The molecule has 0 radical (unpaired) electrons. The molecule has 1 aromatic carbocycles. The molecule has 0 saturated carbocycles. The van der Waals surface area contributed by atoms with Gasteiger partial charge in [0.25, 0.3) is 5.91 Å². The van der Waals surface area contributed by atoms with Gasteiger partial charge in [-0.25, -0.2) is 9.67 Å². The lowest BCUT2D eigenvalue weighted by Gasteiger charge is -2.20. The van der Waals surface area contributed by atoms with E-state index in [1.807, 2.05) is 22.9 Å². The molecule has 0 aliphatic carbocycles. The van der Waals surface area contributed by atoms with Crippen LogP contribution in [0.5, 0.6) is 0 Å². The summed E-state index contributed by atoms with van der Waals surface area (Å²) in [6, 6.07) is 8.18. The Kier molecular flexibility index (Phi) is 4.56. The van der Waals surface area contributed by atoms with E-state index in [4.69, 9.17) is 0 Å².